The lowest BCUT2D eigenvalue weighted by Crippen LogP contribution is -2.10. The molecule has 0 aliphatic heterocycles. The van der Waals surface area contributed by atoms with Crippen LogP contribution in [0.25, 0.3) is 0 Å². The maximum Gasteiger partial charge on any atom is 0.224 e. The second kappa shape index (κ2) is 7.36. The van der Waals surface area contributed by atoms with Crippen molar-refractivity contribution in [3.05, 3.63) is 42.1 Å². The fourth-order valence-electron chi connectivity index (χ4n) is 1.48. The maximum absolute atomic E-state index is 11.8. The van der Waals surface area contributed by atoms with E-state index in [2.05, 4.69) is 5.32 Å². The number of allylic oxidation sites excluding steroid dienone is 1. The summed E-state index contributed by atoms with van der Waals surface area (Å²) in [6, 6.07) is 6.91. The van der Waals surface area contributed by atoms with E-state index in [9.17, 15) is 9.59 Å². The van der Waals surface area contributed by atoms with Gasteiger partial charge in [-0.1, -0.05) is 6.92 Å². The van der Waals surface area contributed by atoms with Gasteiger partial charge in [0.2, 0.25) is 5.91 Å². The molecule has 4 heteroatoms. The quantitative estimate of drug-likeness (QED) is 0.632. The Morgan fingerprint density at radius 3 is 2.37 bits per heavy atom. The van der Waals surface area contributed by atoms with Crippen LogP contribution in [0.3, 0.4) is 0 Å². The van der Waals surface area contributed by atoms with Crippen molar-refractivity contribution in [2.45, 2.75) is 19.8 Å². The number of anilines is 1. The van der Waals surface area contributed by atoms with Crippen LogP contribution in [-0.4, -0.2) is 30.7 Å². The molecular weight excluding hydrogens is 240 g/mol. The molecule has 102 valence electrons. The van der Waals surface area contributed by atoms with Crippen LogP contribution in [0.2, 0.25) is 0 Å². The van der Waals surface area contributed by atoms with Gasteiger partial charge >= 0.3 is 0 Å². The van der Waals surface area contributed by atoms with Gasteiger partial charge in [0, 0.05) is 44.0 Å². The Bertz CT molecular complexity index is 462. The Balaban J connectivity index is 2.66. The summed E-state index contributed by atoms with van der Waals surface area (Å²) in [5.41, 5.74) is 1.32. The molecule has 1 amide bonds. The largest absolute Gasteiger partial charge is 0.383 e. The molecule has 0 spiro atoms. The lowest BCUT2D eigenvalue weighted by Gasteiger charge is -2.05. The normalized spacial score (nSPS) is 10.5. The molecule has 0 saturated heterocycles. The van der Waals surface area contributed by atoms with Gasteiger partial charge in [0.1, 0.15) is 0 Å². The molecule has 0 radical (unpaired) electrons. The van der Waals surface area contributed by atoms with Gasteiger partial charge < -0.3 is 10.2 Å². The number of hydrogen-bond acceptors (Lipinski definition) is 3. The molecule has 19 heavy (non-hydrogen) atoms. The van der Waals surface area contributed by atoms with E-state index in [0.717, 1.165) is 6.42 Å². The number of benzene rings is 1. The van der Waals surface area contributed by atoms with Gasteiger partial charge in [-0.3, -0.25) is 9.59 Å². The third kappa shape index (κ3) is 5.38. The molecule has 0 aliphatic rings. The van der Waals surface area contributed by atoms with Crippen LogP contribution in [-0.2, 0) is 4.79 Å². The van der Waals surface area contributed by atoms with Crippen LogP contribution in [0, 0.1) is 0 Å². The number of nitrogens with zero attached hydrogens (tertiary/aromatic N) is 1. The highest BCUT2D eigenvalue weighted by molar-refractivity contribution is 6.04. The van der Waals surface area contributed by atoms with Gasteiger partial charge in [-0.05, 0) is 30.7 Å². The Morgan fingerprint density at radius 1 is 1.21 bits per heavy atom. The standard InChI is InChI=1S/C15H20N2O2/c1-4-5-15(19)16-13-8-6-12(7-9-13)14(18)10-11-17(2)3/h6-11H,4-5H2,1-3H3,(H,16,19). The van der Waals surface area contributed by atoms with Crippen molar-refractivity contribution in [2.24, 2.45) is 0 Å². The minimum absolute atomic E-state index is 0.00548. The highest BCUT2D eigenvalue weighted by atomic mass is 16.1. The first-order valence-corrected chi connectivity index (χ1v) is 6.31. The zero-order valence-electron chi connectivity index (χ0n) is 11.6. The van der Waals surface area contributed by atoms with Crippen LogP contribution in [0.15, 0.2) is 36.5 Å². The van der Waals surface area contributed by atoms with Crippen molar-refractivity contribution >= 4 is 17.4 Å². The van der Waals surface area contributed by atoms with Gasteiger partial charge in [-0.25, -0.2) is 0 Å². The molecule has 0 atom stereocenters. The predicted octanol–water partition coefficient (Wildman–Crippen LogP) is 2.68. The molecule has 1 N–H and O–H groups in total. The van der Waals surface area contributed by atoms with Crippen molar-refractivity contribution in [3.8, 4) is 0 Å². The van der Waals surface area contributed by atoms with Crippen LogP contribution >= 0.6 is 0 Å². The summed E-state index contributed by atoms with van der Waals surface area (Å²) in [6.07, 6.45) is 4.55. The van der Waals surface area contributed by atoms with Crippen LogP contribution < -0.4 is 5.32 Å². The second-order valence-electron chi connectivity index (χ2n) is 4.52. The van der Waals surface area contributed by atoms with Gasteiger partial charge in [-0.15, -0.1) is 0 Å². The Hall–Kier alpha value is -2.10. The molecule has 4 nitrogen and oxygen atoms in total. The third-order valence-corrected chi connectivity index (χ3v) is 2.45. The molecule has 0 fully saturated rings. The SMILES string of the molecule is CCCC(=O)Nc1ccc(C(=O)C=CN(C)C)cc1. The van der Waals surface area contributed by atoms with E-state index in [1.165, 1.54) is 6.08 Å². The van der Waals surface area contributed by atoms with E-state index < -0.39 is 0 Å². The average Bonchev–Trinajstić information content (AvgIpc) is 2.37. The van der Waals surface area contributed by atoms with E-state index >= 15 is 0 Å². The third-order valence-electron chi connectivity index (χ3n) is 2.45. The fourth-order valence-corrected chi connectivity index (χ4v) is 1.48. The molecule has 1 aromatic carbocycles. The first-order valence-electron chi connectivity index (χ1n) is 6.31. The topological polar surface area (TPSA) is 49.4 Å². The van der Waals surface area contributed by atoms with E-state index in [-0.39, 0.29) is 11.7 Å². The Kier molecular flexibility index (Phi) is 5.79. The van der Waals surface area contributed by atoms with Crippen LogP contribution in [0.5, 0.6) is 0 Å². The van der Waals surface area contributed by atoms with Crippen molar-refractivity contribution < 1.29 is 9.59 Å². The summed E-state index contributed by atoms with van der Waals surface area (Å²) >= 11 is 0. The molecule has 0 bridgehead atoms. The summed E-state index contributed by atoms with van der Waals surface area (Å²) in [7, 11) is 3.71. The van der Waals surface area contributed by atoms with Gasteiger partial charge in [0.15, 0.2) is 5.78 Å². The van der Waals surface area contributed by atoms with Crippen molar-refractivity contribution in [3.63, 3.8) is 0 Å². The monoisotopic (exact) mass is 260 g/mol. The lowest BCUT2D eigenvalue weighted by atomic mass is 10.1. The smallest absolute Gasteiger partial charge is 0.224 e. The number of carbonyl (C=O) groups is 2. The fraction of sp³-hybridized carbons (Fsp3) is 0.333. The lowest BCUT2D eigenvalue weighted by molar-refractivity contribution is -0.116. The molecule has 0 unspecified atom stereocenters. The minimum atomic E-state index is -0.0554. The van der Waals surface area contributed by atoms with Crippen LogP contribution in [0.4, 0.5) is 5.69 Å². The summed E-state index contributed by atoms with van der Waals surface area (Å²) in [6.45, 7) is 1.96. The van der Waals surface area contributed by atoms with E-state index in [1.54, 1.807) is 35.4 Å². The zero-order chi connectivity index (χ0) is 14.3. The second-order valence-corrected chi connectivity index (χ2v) is 4.52. The average molecular weight is 260 g/mol. The number of carbonyl (C=O) groups excluding carboxylic acids is 2. The van der Waals surface area contributed by atoms with E-state index in [0.29, 0.717) is 17.7 Å². The maximum atomic E-state index is 11.8. The molecule has 0 aliphatic carbocycles. The summed E-state index contributed by atoms with van der Waals surface area (Å²) in [5.74, 6) is -0.0609. The molecule has 0 saturated carbocycles. The highest BCUT2D eigenvalue weighted by Crippen LogP contribution is 2.11. The molecule has 1 aromatic rings. The predicted molar refractivity (Wildman–Crippen MR) is 77.1 cm³/mol. The molecule has 0 aromatic heterocycles. The van der Waals surface area contributed by atoms with Gasteiger partial charge in [0.25, 0.3) is 0 Å². The summed E-state index contributed by atoms with van der Waals surface area (Å²) < 4.78 is 0. The van der Waals surface area contributed by atoms with Gasteiger partial charge in [0.05, 0.1) is 0 Å². The Labute approximate surface area is 114 Å². The summed E-state index contributed by atoms with van der Waals surface area (Å²) in [4.78, 5) is 25.0. The van der Waals surface area contributed by atoms with E-state index in [4.69, 9.17) is 0 Å². The molecular formula is C15H20N2O2. The number of hydrogen-bond donors (Lipinski definition) is 1. The van der Waals surface area contributed by atoms with Crippen molar-refractivity contribution in [2.75, 3.05) is 19.4 Å². The van der Waals surface area contributed by atoms with E-state index in [1.807, 2.05) is 21.0 Å². The van der Waals surface area contributed by atoms with Crippen molar-refractivity contribution in [1.29, 1.82) is 0 Å². The first kappa shape index (κ1) is 15.0. The number of nitrogens with one attached hydrogen (secondary N) is 1. The van der Waals surface area contributed by atoms with Crippen LogP contribution in [0.1, 0.15) is 30.1 Å². The number of rotatable bonds is 6. The van der Waals surface area contributed by atoms with Gasteiger partial charge in [-0.2, -0.15) is 0 Å². The first-order chi connectivity index (χ1) is 9.02. The van der Waals surface area contributed by atoms with Crippen molar-refractivity contribution in [1.82, 2.24) is 4.90 Å². The number of amides is 1. The number of ketones is 1. The molecule has 0 heterocycles. The Morgan fingerprint density at radius 2 is 1.84 bits per heavy atom. The summed E-state index contributed by atoms with van der Waals surface area (Å²) in [5, 5.41) is 2.78. The minimum Gasteiger partial charge on any atom is -0.383 e. The highest BCUT2D eigenvalue weighted by Gasteiger charge is 2.04. The molecule has 1 rings (SSSR count). The zero-order valence-corrected chi connectivity index (χ0v) is 11.6.